The number of ether oxygens (including phenoxy) is 1. The number of unbranched alkanes of at least 4 members (excludes halogenated alkanes) is 3. The molecule has 0 radical (unpaired) electrons. The first-order valence-corrected chi connectivity index (χ1v) is 6.95. The van der Waals surface area contributed by atoms with Crippen LogP contribution in [-0.4, -0.2) is 30.1 Å². The highest BCUT2D eigenvalue weighted by atomic mass is 19.1. The average Bonchev–Trinajstić information content (AvgIpc) is 2.45. The van der Waals surface area contributed by atoms with Crippen molar-refractivity contribution in [2.24, 2.45) is 0 Å². The van der Waals surface area contributed by atoms with Crippen molar-refractivity contribution in [3.8, 4) is 5.75 Å². The molecular weight excluding hydrogens is 277 g/mol. The molecule has 21 heavy (non-hydrogen) atoms. The summed E-state index contributed by atoms with van der Waals surface area (Å²) in [6.07, 6.45) is 3.39. The molecule has 0 atom stereocenters. The SMILES string of the molecule is O=C(O)CCCCCCNC(=O)COc1ccc(F)cc1. The summed E-state index contributed by atoms with van der Waals surface area (Å²) in [7, 11) is 0. The molecule has 0 aliphatic heterocycles. The second-order valence-electron chi connectivity index (χ2n) is 4.65. The number of hydrogen-bond acceptors (Lipinski definition) is 3. The van der Waals surface area contributed by atoms with Gasteiger partial charge in [-0.3, -0.25) is 9.59 Å². The molecule has 116 valence electrons. The van der Waals surface area contributed by atoms with E-state index < -0.39 is 5.97 Å². The van der Waals surface area contributed by atoms with Gasteiger partial charge in [0.05, 0.1) is 0 Å². The van der Waals surface area contributed by atoms with Gasteiger partial charge in [-0.05, 0) is 37.1 Å². The molecule has 0 aromatic heterocycles. The standard InChI is InChI=1S/C15H20FNO4/c16-12-6-8-13(9-7-12)21-11-14(18)17-10-4-2-1-3-5-15(19)20/h6-9H,1-5,10-11H2,(H,17,18)(H,19,20). The van der Waals surface area contributed by atoms with E-state index in [2.05, 4.69) is 5.32 Å². The summed E-state index contributed by atoms with van der Waals surface area (Å²) >= 11 is 0. The van der Waals surface area contributed by atoms with E-state index in [-0.39, 0.29) is 24.8 Å². The fourth-order valence-corrected chi connectivity index (χ4v) is 1.71. The van der Waals surface area contributed by atoms with Gasteiger partial charge in [-0.15, -0.1) is 0 Å². The van der Waals surface area contributed by atoms with Gasteiger partial charge in [0.25, 0.3) is 5.91 Å². The van der Waals surface area contributed by atoms with Crippen LogP contribution in [0.1, 0.15) is 32.1 Å². The summed E-state index contributed by atoms with van der Waals surface area (Å²) in [5, 5.41) is 11.2. The highest BCUT2D eigenvalue weighted by Crippen LogP contribution is 2.10. The van der Waals surface area contributed by atoms with Crippen molar-refractivity contribution in [3.63, 3.8) is 0 Å². The van der Waals surface area contributed by atoms with Gasteiger partial charge in [0.1, 0.15) is 11.6 Å². The first-order chi connectivity index (χ1) is 10.1. The van der Waals surface area contributed by atoms with Crippen LogP contribution in [0, 0.1) is 5.82 Å². The summed E-state index contributed by atoms with van der Waals surface area (Å²) in [5.41, 5.74) is 0. The zero-order chi connectivity index (χ0) is 15.5. The lowest BCUT2D eigenvalue weighted by atomic mass is 10.1. The summed E-state index contributed by atoms with van der Waals surface area (Å²) in [6.45, 7) is 0.434. The largest absolute Gasteiger partial charge is 0.484 e. The van der Waals surface area contributed by atoms with E-state index in [1.807, 2.05) is 0 Å². The van der Waals surface area contributed by atoms with Crippen LogP contribution >= 0.6 is 0 Å². The number of hydrogen-bond donors (Lipinski definition) is 2. The Hall–Kier alpha value is -2.11. The molecule has 6 heteroatoms. The lowest BCUT2D eigenvalue weighted by Gasteiger charge is -2.07. The summed E-state index contributed by atoms with van der Waals surface area (Å²) in [5.74, 6) is -0.916. The Labute approximate surface area is 123 Å². The molecule has 1 aromatic rings. The molecular formula is C15H20FNO4. The van der Waals surface area contributed by atoms with E-state index in [9.17, 15) is 14.0 Å². The summed E-state index contributed by atoms with van der Waals surface area (Å²) in [6, 6.07) is 5.46. The molecule has 0 bridgehead atoms. The molecule has 5 nitrogen and oxygen atoms in total. The van der Waals surface area contributed by atoms with Gasteiger partial charge in [-0.25, -0.2) is 4.39 Å². The van der Waals surface area contributed by atoms with Crippen molar-refractivity contribution in [2.45, 2.75) is 32.1 Å². The number of carboxylic acids is 1. The van der Waals surface area contributed by atoms with Gasteiger partial charge in [0.15, 0.2) is 6.61 Å². The monoisotopic (exact) mass is 297 g/mol. The van der Waals surface area contributed by atoms with E-state index in [1.54, 1.807) is 0 Å². The Kier molecular flexibility index (Phi) is 7.86. The van der Waals surface area contributed by atoms with E-state index in [4.69, 9.17) is 9.84 Å². The highest BCUT2D eigenvalue weighted by molar-refractivity contribution is 5.77. The van der Waals surface area contributed by atoms with Crippen LogP contribution in [0.5, 0.6) is 5.75 Å². The number of carboxylic acid groups (broad SMARTS) is 1. The summed E-state index contributed by atoms with van der Waals surface area (Å²) < 4.78 is 17.9. The Morgan fingerprint density at radius 3 is 2.43 bits per heavy atom. The fourth-order valence-electron chi connectivity index (χ4n) is 1.71. The van der Waals surface area contributed by atoms with Gasteiger partial charge in [-0.1, -0.05) is 12.8 Å². The average molecular weight is 297 g/mol. The van der Waals surface area contributed by atoms with Crippen LogP contribution in [0.4, 0.5) is 4.39 Å². The number of rotatable bonds is 10. The Bertz CT molecular complexity index is 447. The number of halogens is 1. The molecule has 1 amide bonds. The van der Waals surface area contributed by atoms with Crippen LogP contribution in [0.15, 0.2) is 24.3 Å². The van der Waals surface area contributed by atoms with E-state index >= 15 is 0 Å². The van der Waals surface area contributed by atoms with Crippen molar-refractivity contribution < 1.29 is 23.8 Å². The number of aliphatic carboxylic acids is 1. The van der Waals surface area contributed by atoms with Crippen LogP contribution in [0.2, 0.25) is 0 Å². The minimum absolute atomic E-state index is 0.107. The third-order valence-corrected chi connectivity index (χ3v) is 2.82. The fraction of sp³-hybridized carbons (Fsp3) is 0.467. The maximum Gasteiger partial charge on any atom is 0.303 e. The molecule has 0 aliphatic rings. The lowest BCUT2D eigenvalue weighted by Crippen LogP contribution is -2.29. The Morgan fingerprint density at radius 1 is 1.10 bits per heavy atom. The number of carbonyl (C=O) groups is 2. The van der Waals surface area contributed by atoms with Crippen molar-refractivity contribution in [1.82, 2.24) is 5.32 Å². The Balaban J connectivity index is 2.01. The van der Waals surface area contributed by atoms with Crippen LogP contribution in [0.25, 0.3) is 0 Å². The summed E-state index contributed by atoms with van der Waals surface area (Å²) in [4.78, 5) is 21.8. The molecule has 0 heterocycles. The van der Waals surface area contributed by atoms with E-state index in [0.29, 0.717) is 18.7 Å². The number of benzene rings is 1. The maximum absolute atomic E-state index is 12.7. The maximum atomic E-state index is 12.7. The molecule has 0 aliphatic carbocycles. The zero-order valence-corrected chi connectivity index (χ0v) is 11.8. The first-order valence-electron chi connectivity index (χ1n) is 6.95. The minimum atomic E-state index is -0.777. The second-order valence-corrected chi connectivity index (χ2v) is 4.65. The van der Waals surface area contributed by atoms with Gasteiger partial charge in [0.2, 0.25) is 0 Å². The van der Waals surface area contributed by atoms with Crippen molar-refractivity contribution in [1.29, 1.82) is 0 Å². The van der Waals surface area contributed by atoms with Crippen LogP contribution < -0.4 is 10.1 Å². The smallest absolute Gasteiger partial charge is 0.303 e. The predicted molar refractivity (Wildman–Crippen MR) is 75.6 cm³/mol. The molecule has 0 saturated heterocycles. The van der Waals surface area contributed by atoms with Gasteiger partial charge in [-0.2, -0.15) is 0 Å². The quantitative estimate of drug-likeness (QED) is 0.650. The second kappa shape index (κ2) is 9.74. The van der Waals surface area contributed by atoms with E-state index in [1.165, 1.54) is 24.3 Å². The number of amides is 1. The van der Waals surface area contributed by atoms with Crippen molar-refractivity contribution in [3.05, 3.63) is 30.1 Å². The molecule has 0 fully saturated rings. The third kappa shape index (κ3) is 8.62. The van der Waals surface area contributed by atoms with Crippen LogP contribution in [-0.2, 0) is 9.59 Å². The van der Waals surface area contributed by atoms with E-state index in [0.717, 1.165) is 19.3 Å². The number of nitrogens with one attached hydrogen (secondary N) is 1. The van der Waals surface area contributed by atoms with Crippen molar-refractivity contribution >= 4 is 11.9 Å². The van der Waals surface area contributed by atoms with Crippen molar-refractivity contribution in [2.75, 3.05) is 13.2 Å². The molecule has 1 aromatic carbocycles. The van der Waals surface area contributed by atoms with Gasteiger partial charge >= 0.3 is 5.97 Å². The topological polar surface area (TPSA) is 75.6 Å². The molecule has 0 unspecified atom stereocenters. The Morgan fingerprint density at radius 2 is 1.76 bits per heavy atom. The molecule has 0 spiro atoms. The predicted octanol–water partition coefficient (Wildman–Crippen LogP) is 2.36. The third-order valence-electron chi connectivity index (χ3n) is 2.82. The van der Waals surface area contributed by atoms with Gasteiger partial charge < -0.3 is 15.2 Å². The molecule has 0 saturated carbocycles. The van der Waals surface area contributed by atoms with Gasteiger partial charge in [0, 0.05) is 13.0 Å². The lowest BCUT2D eigenvalue weighted by molar-refractivity contribution is -0.137. The zero-order valence-electron chi connectivity index (χ0n) is 11.8. The van der Waals surface area contributed by atoms with Crippen LogP contribution in [0.3, 0.4) is 0 Å². The highest BCUT2D eigenvalue weighted by Gasteiger charge is 2.02. The molecule has 2 N–H and O–H groups in total. The minimum Gasteiger partial charge on any atom is -0.484 e. The first kappa shape index (κ1) is 16.9. The number of carbonyl (C=O) groups excluding carboxylic acids is 1. The normalized spacial score (nSPS) is 10.1. The molecule has 1 rings (SSSR count).